The van der Waals surface area contributed by atoms with Crippen LogP contribution in [-0.4, -0.2) is 18.2 Å². The minimum absolute atomic E-state index is 0.0765. The highest BCUT2D eigenvalue weighted by molar-refractivity contribution is 5.68. The molecule has 94 valence electrons. The van der Waals surface area contributed by atoms with Crippen molar-refractivity contribution in [1.29, 1.82) is 0 Å². The summed E-state index contributed by atoms with van der Waals surface area (Å²) in [5.41, 5.74) is 7.76. The Kier molecular flexibility index (Phi) is 4.52. The number of ether oxygens (including phenoxy) is 1. The minimum Gasteiger partial charge on any atom is -0.496 e. The number of carboxylic acids is 1. The van der Waals surface area contributed by atoms with Crippen molar-refractivity contribution in [2.45, 2.75) is 32.2 Å². The van der Waals surface area contributed by atoms with Gasteiger partial charge in [-0.1, -0.05) is 26.0 Å². The van der Waals surface area contributed by atoms with Gasteiger partial charge in [0.25, 0.3) is 0 Å². The number of hydrogen-bond acceptors (Lipinski definition) is 3. The van der Waals surface area contributed by atoms with Crippen molar-refractivity contribution < 1.29 is 14.6 Å². The fraction of sp³-hybridized carbons (Fsp3) is 0.462. The average Bonchev–Trinajstić information content (AvgIpc) is 2.26. The van der Waals surface area contributed by atoms with Crippen molar-refractivity contribution in [3.63, 3.8) is 0 Å². The number of aliphatic carboxylic acids is 1. The van der Waals surface area contributed by atoms with Crippen LogP contribution in [0.25, 0.3) is 0 Å². The maximum atomic E-state index is 10.7. The Morgan fingerprint density at radius 3 is 2.59 bits per heavy atom. The monoisotopic (exact) mass is 237 g/mol. The summed E-state index contributed by atoms with van der Waals surface area (Å²) in [6.07, 6.45) is -0.0765. The molecule has 4 nitrogen and oxygen atoms in total. The molecule has 4 heteroatoms. The number of rotatable bonds is 5. The van der Waals surface area contributed by atoms with E-state index in [-0.39, 0.29) is 12.3 Å². The molecule has 0 heterocycles. The third-order valence-electron chi connectivity index (χ3n) is 2.69. The lowest BCUT2D eigenvalue weighted by Crippen LogP contribution is -2.17. The van der Waals surface area contributed by atoms with Gasteiger partial charge in [0.05, 0.1) is 13.5 Å². The summed E-state index contributed by atoms with van der Waals surface area (Å²) in [6, 6.07) is 5.07. The molecule has 0 amide bonds. The maximum absolute atomic E-state index is 10.7. The van der Waals surface area contributed by atoms with Crippen LogP contribution in [0.1, 0.15) is 43.4 Å². The van der Waals surface area contributed by atoms with Gasteiger partial charge in [-0.3, -0.25) is 4.79 Å². The lowest BCUT2D eigenvalue weighted by atomic mass is 9.91. The SMILES string of the molecule is COc1cccc(C(N)CC(=O)O)c1C(C)C. The maximum Gasteiger partial charge on any atom is 0.305 e. The molecule has 0 aliphatic rings. The van der Waals surface area contributed by atoms with E-state index >= 15 is 0 Å². The summed E-state index contributed by atoms with van der Waals surface area (Å²) >= 11 is 0. The predicted molar refractivity (Wildman–Crippen MR) is 66.3 cm³/mol. The lowest BCUT2D eigenvalue weighted by Gasteiger charge is -2.20. The first-order chi connectivity index (χ1) is 7.97. The van der Waals surface area contributed by atoms with Crippen molar-refractivity contribution in [1.82, 2.24) is 0 Å². The van der Waals surface area contributed by atoms with Gasteiger partial charge in [-0.15, -0.1) is 0 Å². The molecule has 0 spiro atoms. The number of benzene rings is 1. The summed E-state index contributed by atoms with van der Waals surface area (Å²) in [6.45, 7) is 4.07. The zero-order chi connectivity index (χ0) is 13.0. The minimum atomic E-state index is -0.893. The Morgan fingerprint density at radius 1 is 1.47 bits per heavy atom. The van der Waals surface area contributed by atoms with Crippen LogP contribution in [0, 0.1) is 0 Å². The molecule has 17 heavy (non-hydrogen) atoms. The molecule has 0 aliphatic heterocycles. The standard InChI is InChI=1S/C13H19NO3/c1-8(2)13-9(10(14)7-12(15)16)5-4-6-11(13)17-3/h4-6,8,10H,7,14H2,1-3H3,(H,15,16). The van der Waals surface area contributed by atoms with E-state index in [0.717, 1.165) is 16.9 Å². The van der Waals surface area contributed by atoms with Crippen molar-refractivity contribution in [3.05, 3.63) is 29.3 Å². The molecule has 1 unspecified atom stereocenters. The Morgan fingerprint density at radius 2 is 2.12 bits per heavy atom. The van der Waals surface area contributed by atoms with Gasteiger partial charge in [-0.2, -0.15) is 0 Å². The second-order valence-corrected chi connectivity index (χ2v) is 4.32. The van der Waals surface area contributed by atoms with Crippen LogP contribution in [-0.2, 0) is 4.79 Å². The summed E-state index contributed by atoms with van der Waals surface area (Å²) in [5, 5.41) is 8.79. The lowest BCUT2D eigenvalue weighted by molar-refractivity contribution is -0.137. The molecule has 0 radical (unpaired) electrons. The first-order valence-corrected chi connectivity index (χ1v) is 5.61. The first kappa shape index (κ1) is 13.5. The van der Waals surface area contributed by atoms with Crippen LogP contribution in [0.3, 0.4) is 0 Å². The fourth-order valence-corrected chi connectivity index (χ4v) is 1.98. The summed E-state index contributed by atoms with van der Waals surface area (Å²) in [5.74, 6) is 0.106. The molecular weight excluding hydrogens is 218 g/mol. The van der Waals surface area contributed by atoms with E-state index in [1.807, 2.05) is 32.0 Å². The Hall–Kier alpha value is -1.55. The topological polar surface area (TPSA) is 72.5 Å². The quantitative estimate of drug-likeness (QED) is 0.824. The van der Waals surface area contributed by atoms with E-state index in [9.17, 15) is 4.79 Å². The fourth-order valence-electron chi connectivity index (χ4n) is 1.98. The van der Waals surface area contributed by atoms with Crippen LogP contribution < -0.4 is 10.5 Å². The van der Waals surface area contributed by atoms with Gasteiger partial charge in [0.15, 0.2) is 0 Å². The van der Waals surface area contributed by atoms with Crippen molar-refractivity contribution in [3.8, 4) is 5.75 Å². The molecular formula is C13H19NO3. The Labute approximate surface area is 101 Å². The van der Waals surface area contributed by atoms with Crippen LogP contribution in [0.4, 0.5) is 0 Å². The third kappa shape index (κ3) is 3.20. The highest BCUT2D eigenvalue weighted by Crippen LogP contribution is 2.33. The van der Waals surface area contributed by atoms with E-state index in [1.54, 1.807) is 7.11 Å². The molecule has 0 saturated carbocycles. The average molecular weight is 237 g/mol. The van der Waals surface area contributed by atoms with Crippen LogP contribution in [0.2, 0.25) is 0 Å². The number of methoxy groups -OCH3 is 1. The van der Waals surface area contributed by atoms with Crippen molar-refractivity contribution in [2.24, 2.45) is 5.73 Å². The van der Waals surface area contributed by atoms with Gasteiger partial charge < -0.3 is 15.6 Å². The van der Waals surface area contributed by atoms with Crippen molar-refractivity contribution >= 4 is 5.97 Å². The molecule has 0 fully saturated rings. The third-order valence-corrected chi connectivity index (χ3v) is 2.69. The molecule has 0 bridgehead atoms. The Balaban J connectivity index is 3.18. The molecule has 1 atom stereocenters. The summed E-state index contributed by atoms with van der Waals surface area (Å²) < 4.78 is 5.30. The van der Waals surface area contributed by atoms with Crippen LogP contribution in [0.15, 0.2) is 18.2 Å². The molecule has 1 aromatic carbocycles. The zero-order valence-corrected chi connectivity index (χ0v) is 10.4. The zero-order valence-electron chi connectivity index (χ0n) is 10.4. The second kappa shape index (κ2) is 5.68. The predicted octanol–water partition coefficient (Wildman–Crippen LogP) is 2.29. The molecule has 1 rings (SSSR count). The summed E-state index contributed by atoms with van der Waals surface area (Å²) in [4.78, 5) is 10.7. The number of hydrogen-bond donors (Lipinski definition) is 2. The van der Waals surface area contributed by atoms with E-state index in [4.69, 9.17) is 15.6 Å². The van der Waals surface area contributed by atoms with E-state index in [0.29, 0.717) is 0 Å². The molecule has 3 N–H and O–H groups in total. The first-order valence-electron chi connectivity index (χ1n) is 5.61. The number of nitrogens with two attached hydrogens (primary N) is 1. The Bertz CT molecular complexity index is 402. The van der Waals surface area contributed by atoms with Crippen molar-refractivity contribution in [2.75, 3.05) is 7.11 Å². The highest BCUT2D eigenvalue weighted by Gasteiger charge is 2.19. The van der Waals surface area contributed by atoms with E-state index < -0.39 is 12.0 Å². The second-order valence-electron chi connectivity index (χ2n) is 4.32. The smallest absolute Gasteiger partial charge is 0.305 e. The summed E-state index contributed by atoms with van der Waals surface area (Å²) in [7, 11) is 1.60. The molecule has 0 saturated heterocycles. The number of carbonyl (C=O) groups is 1. The van der Waals surface area contributed by atoms with Gasteiger partial charge in [-0.25, -0.2) is 0 Å². The van der Waals surface area contributed by atoms with Gasteiger partial charge in [0.1, 0.15) is 5.75 Å². The van der Waals surface area contributed by atoms with Gasteiger partial charge >= 0.3 is 5.97 Å². The molecule has 0 aromatic heterocycles. The van der Waals surface area contributed by atoms with Crippen LogP contribution in [0.5, 0.6) is 5.75 Å². The molecule has 1 aromatic rings. The number of carboxylic acid groups (broad SMARTS) is 1. The van der Waals surface area contributed by atoms with Gasteiger partial charge in [0, 0.05) is 11.6 Å². The highest BCUT2D eigenvalue weighted by atomic mass is 16.5. The largest absolute Gasteiger partial charge is 0.496 e. The van der Waals surface area contributed by atoms with E-state index in [2.05, 4.69) is 0 Å². The molecule has 0 aliphatic carbocycles. The normalized spacial score (nSPS) is 12.5. The van der Waals surface area contributed by atoms with Gasteiger partial charge in [0.2, 0.25) is 0 Å². The van der Waals surface area contributed by atoms with E-state index in [1.165, 1.54) is 0 Å². The van der Waals surface area contributed by atoms with Crippen LogP contribution >= 0.6 is 0 Å². The van der Waals surface area contributed by atoms with Gasteiger partial charge in [-0.05, 0) is 17.5 Å².